The normalized spacial score (nSPS) is 35.5. The highest BCUT2D eigenvalue weighted by atomic mass is 16.5. The van der Waals surface area contributed by atoms with E-state index < -0.39 is 0 Å². The number of carbonyl (C=O) groups is 3. The molecule has 4 bridgehead atoms. The van der Waals surface area contributed by atoms with Crippen molar-refractivity contribution in [2.45, 2.75) is 77.7 Å². The summed E-state index contributed by atoms with van der Waals surface area (Å²) in [4.78, 5) is 39.8. The molecule has 0 aromatic heterocycles. The molecule has 3 amide bonds. The maximum Gasteiger partial charge on any atom is 0.319 e. The summed E-state index contributed by atoms with van der Waals surface area (Å²) in [5.41, 5.74) is 1.80. The predicted octanol–water partition coefficient (Wildman–Crippen LogP) is 4.97. The van der Waals surface area contributed by atoms with E-state index in [4.69, 9.17) is 4.74 Å². The largest absolute Gasteiger partial charge is 0.466 e. The van der Waals surface area contributed by atoms with Gasteiger partial charge in [0.2, 0.25) is 0 Å². The Bertz CT molecular complexity index is 988. The van der Waals surface area contributed by atoms with Crippen LogP contribution in [-0.2, 0) is 9.53 Å². The number of piperidine rings is 1. The molecule has 2 N–H and O–H groups in total. The molecule has 4 aliphatic carbocycles. The summed E-state index contributed by atoms with van der Waals surface area (Å²) in [5, 5.41) is 6.36. The van der Waals surface area contributed by atoms with Crippen LogP contribution in [0.1, 0.15) is 82.5 Å². The van der Waals surface area contributed by atoms with Crippen LogP contribution in [0, 0.1) is 22.7 Å². The van der Waals surface area contributed by atoms with Gasteiger partial charge in [-0.1, -0.05) is 13.8 Å². The monoisotopic (exact) mass is 481 g/mol. The number of nitrogens with zero attached hydrogens (tertiary/aromatic N) is 1. The van der Waals surface area contributed by atoms with Gasteiger partial charge in [0.05, 0.1) is 12.5 Å². The second-order valence-corrected chi connectivity index (χ2v) is 12.4. The molecule has 5 fully saturated rings. The van der Waals surface area contributed by atoms with Crippen LogP contribution in [-0.4, -0.2) is 48.0 Å². The highest BCUT2D eigenvalue weighted by Crippen LogP contribution is 2.66. The second-order valence-electron chi connectivity index (χ2n) is 12.4. The summed E-state index contributed by atoms with van der Waals surface area (Å²) in [6, 6.07) is 6.90. The van der Waals surface area contributed by atoms with Crippen molar-refractivity contribution in [3.05, 3.63) is 29.8 Å². The number of urea groups is 1. The van der Waals surface area contributed by atoms with E-state index in [-0.39, 0.29) is 29.4 Å². The third-order valence-corrected chi connectivity index (χ3v) is 8.72. The first-order chi connectivity index (χ1) is 16.6. The number of amides is 3. The molecule has 3 unspecified atom stereocenters. The molecule has 4 saturated carbocycles. The highest BCUT2D eigenvalue weighted by molar-refractivity contribution is 5.96. The van der Waals surface area contributed by atoms with Crippen molar-refractivity contribution in [3.63, 3.8) is 0 Å². The van der Waals surface area contributed by atoms with Crippen LogP contribution in [0.4, 0.5) is 10.5 Å². The minimum absolute atomic E-state index is 0.0925. The zero-order chi connectivity index (χ0) is 24.8. The fraction of sp³-hybridized carbons (Fsp3) is 0.679. The van der Waals surface area contributed by atoms with Crippen molar-refractivity contribution in [2.75, 3.05) is 25.0 Å². The molecule has 35 heavy (non-hydrogen) atoms. The number of hydrogen-bond donors (Lipinski definition) is 2. The smallest absolute Gasteiger partial charge is 0.319 e. The molecule has 0 radical (unpaired) electrons. The van der Waals surface area contributed by atoms with Gasteiger partial charge in [-0.15, -0.1) is 0 Å². The SMILES string of the molecule is CCOC(=O)C1CCCN(C(=O)c2ccc(NC(=O)NC34CC5CC(C)(CC(C)(C5)C3)C4)cc2)C1. The molecule has 7 heteroatoms. The van der Waals surface area contributed by atoms with Crippen LogP contribution < -0.4 is 10.6 Å². The lowest BCUT2D eigenvalue weighted by molar-refractivity contribution is -0.149. The van der Waals surface area contributed by atoms with Gasteiger partial charge in [0.1, 0.15) is 0 Å². The van der Waals surface area contributed by atoms with E-state index in [9.17, 15) is 14.4 Å². The van der Waals surface area contributed by atoms with Gasteiger partial charge in [0.25, 0.3) is 5.91 Å². The van der Waals surface area contributed by atoms with E-state index in [1.165, 1.54) is 19.3 Å². The minimum Gasteiger partial charge on any atom is -0.466 e. The summed E-state index contributed by atoms with van der Waals surface area (Å²) in [6.45, 7) is 7.97. The number of rotatable bonds is 5. The van der Waals surface area contributed by atoms with Crippen LogP contribution in [0.2, 0.25) is 0 Å². The van der Waals surface area contributed by atoms with E-state index in [0.29, 0.717) is 47.7 Å². The fourth-order valence-corrected chi connectivity index (χ4v) is 8.48. The Hall–Kier alpha value is -2.57. The number of nitrogens with one attached hydrogen (secondary N) is 2. The molecular formula is C28H39N3O4. The Morgan fingerprint density at radius 3 is 2.34 bits per heavy atom. The number of ether oxygens (including phenoxy) is 1. The molecule has 7 nitrogen and oxygen atoms in total. The van der Waals surface area contributed by atoms with Crippen molar-refractivity contribution < 1.29 is 19.1 Å². The van der Waals surface area contributed by atoms with Crippen LogP contribution in [0.15, 0.2) is 24.3 Å². The second kappa shape index (κ2) is 8.82. The Labute approximate surface area is 208 Å². The van der Waals surface area contributed by atoms with E-state index in [1.54, 1.807) is 36.1 Å². The molecule has 6 rings (SSSR count). The fourth-order valence-electron chi connectivity index (χ4n) is 8.48. The maximum absolute atomic E-state index is 13.0. The number of likely N-dealkylation sites (tertiary alicyclic amines) is 1. The molecule has 190 valence electrons. The van der Waals surface area contributed by atoms with Gasteiger partial charge in [-0.2, -0.15) is 0 Å². The van der Waals surface area contributed by atoms with Gasteiger partial charge in [-0.3, -0.25) is 9.59 Å². The van der Waals surface area contributed by atoms with Crippen molar-refractivity contribution in [3.8, 4) is 0 Å². The van der Waals surface area contributed by atoms with E-state index >= 15 is 0 Å². The van der Waals surface area contributed by atoms with Crippen LogP contribution in [0.25, 0.3) is 0 Å². The third kappa shape index (κ3) is 4.91. The molecule has 1 aromatic rings. The Kier molecular flexibility index (Phi) is 6.09. The quantitative estimate of drug-likeness (QED) is 0.581. The molecule has 1 aliphatic heterocycles. The van der Waals surface area contributed by atoms with E-state index in [1.807, 2.05) is 0 Å². The zero-order valence-electron chi connectivity index (χ0n) is 21.3. The topological polar surface area (TPSA) is 87.7 Å². The van der Waals surface area contributed by atoms with Crippen molar-refractivity contribution in [1.82, 2.24) is 10.2 Å². The number of carbonyl (C=O) groups excluding carboxylic acids is 3. The van der Waals surface area contributed by atoms with Gasteiger partial charge in [0.15, 0.2) is 0 Å². The summed E-state index contributed by atoms with van der Waals surface area (Å²) in [7, 11) is 0. The van der Waals surface area contributed by atoms with Gasteiger partial charge in [0, 0.05) is 29.9 Å². The van der Waals surface area contributed by atoms with Crippen molar-refractivity contribution >= 4 is 23.6 Å². The van der Waals surface area contributed by atoms with Gasteiger partial charge < -0.3 is 20.3 Å². The number of benzene rings is 1. The van der Waals surface area contributed by atoms with E-state index in [0.717, 1.165) is 32.1 Å². The van der Waals surface area contributed by atoms with Crippen LogP contribution in [0.5, 0.6) is 0 Å². The standard InChI is InChI=1S/C28H39N3O4/c1-4-35-24(33)21-6-5-11-31(15-21)23(32)20-7-9-22(10-8-20)29-25(34)30-28-14-19-12-26(2,17-28)16-27(3,13-19)18-28/h7-10,19,21H,4-6,11-18H2,1-3H3,(H2,29,30,34). The molecule has 0 spiro atoms. The summed E-state index contributed by atoms with van der Waals surface area (Å²) < 4.78 is 5.14. The predicted molar refractivity (Wildman–Crippen MR) is 134 cm³/mol. The molecule has 1 heterocycles. The first-order valence-electron chi connectivity index (χ1n) is 13.3. The first kappa shape index (κ1) is 24.1. The van der Waals surface area contributed by atoms with Gasteiger partial charge in [-0.25, -0.2) is 4.79 Å². The lowest BCUT2D eigenvalue weighted by atomic mass is 9.43. The van der Waals surface area contributed by atoms with Crippen LogP contribution in [0.3, 0.4) is 0 Å². The lowest BCUT2D eigenvalue weighted by Gasteiger charge is -2.65. The summed E-state index contributed by atoms with van der Waals surface area (Å²) in [5.74, 6) is 0.138. The Balaban J connectivity index is 1.19. The number of esters is 1. The Morgan fingerprint density at radius 1 is 1.03 bits per heavy atom. The summed E-state index contributed by atoms with van der Waals surface area (Å²) >= 11 is 0. The van der Waals surface area contributed by atoms with Crippen molar-refractivity contribution in [1.29, 1.82) is 0 Å². The van der Waals surface area contributed by atoms with Crippen LogP contribution >= 0.6 is 0 Å². The first-order valence-corrected chi connectivity index (χ1v) is 13.3. The highest BCUT2D eigenvalue weighted by Gasteiger charge is 2.60. The summed E-state index contributed by atoms with van der Waals surface area (Å²) in [6.07, 6.45) is 8.61. The molecule has 1 aromatic carbocycles. The van der Waals surface area contributed by atoms with Gasteiger partial charge >= 0.3 is 12.0 Å². The molecule has 3 atom stereocenters. The van der Waals surface area contributed by atoms with Crippen molar-refractivity contribution in [2.24, 2.45) is 22.7 Å². The average Bonchev–Trinajstić information content (AvgIpc) is 2.76. The molecular weight excluding hydrogens is 442 g/mol. The molecule has 5 aliphatic rings. The number of anilines is 1. The number of hydrogen-bond acceptors (Lipinski definition) is 4. The minimum atomic E-state index is -0.258. The zero-order valence-corrected chi connectivity index (χ0v) is 21.3. The lowest BCUT2D eigenvalue weighted by Crippen LogP contribution is -2.65. The average molecular weight is 482 g/mol. The van der Waals surface area contributed by atoms with Gasteiger partial charge in [-0.05, 0) is 99.3 Å². The maximum atomic E-state index is 13.0. The Morgan fingerprint density at radius 2 is 1.71 bits per heavy atom. The third-order valence-electron chi connectivity index (χ3n) is 8.72. The van der Waals surface area contributed by atoms with E-state index in [2.05, 4.69) is 24.5 Å². The molecule has 1 saturated heterocycles.